The van der Waals surface area contributed by atoms with Crippen LogP contribution in [0.1, 0.15) is 58.2 Å². The minimum atomic E-state index is 0.0629. The van der Waals surface area contributed by atoms with Gasteiger partial charge in [0.2, 0.25) is 5.95 Å². The molecule has 0 spiro atoms. The predicted octanol–water partition coefficient (Wildman–Crippen LogP) is 3.77. The molecule has 4 N–H and O–H groups in total. The van der Waals surface area contributed by atoms with Crippen molar-refractivity contribution in [3.8, 4) is 11.4 Å². The number of benzene rings is 1. The van der Waals surface area contributed by atoms with Crippen LogP contribution in [0.3, 0.4) is 0 Å². The number of fused-ring (bicyclic) bond motifs is 1. The fourth-order valence-corrected chi connectivity index (χ4v) is 4.22. The van der Waals surface area contributed by atoms with E-state index in [0.717, 1.165) is 48.1 Å². The lowest BCUT2D eigenvalue weighted by Gasteiger charge is -2.31. The minimum Gasteiger partial charge on any atom is -0.397 e. The van der Waals surface area contributed by atoms with E-state index >= 15 is 0 Å². The van der Waals surface area contributed by atoms with Crippen LogP contribution < -0.4 is 16.0 Å². The largest absolute Gasteiger partial charge is 0.397 e. The molecule has 4 rings (SSSR count). The van der Waals surface area contributed by atoms with E-state index in [-0.39, 0.29) is 24.6 Å². The van der Waals surface area contributed by atoms with E-state index in [9.17, 15) is 5.11 Å². The lowest BCUT2D eigenvalue weighted by Crippen LogP contribution is -2.36. The SMILES string of the molecule is CC(C)c1nnc2c(Nc3ccccc3N)nc(N3CCCC3CO)n(C(C)C)c1-2. The van der Waals surface area contributed by atoms with Gasteiger partial charge in [0.05, 0.1) is 35.4 Å². The first-order valence-corrected chi connectivity index (χ1v) is 10.7. The monoisotopic (exact) mass is 409 g/mol. The topological polar surface area (TPSA) is 105 Å². The molecule has 1 unspecified atom stereocenters. The van der Waals surface area contributed by atoms with Gasteiger partial charge in [-0.05, 0) is 44.7 Å². The van der Waals surface area contributed by atoms with E-state index in [4.69, 9.17) is 10.7 Å². The van der Waals surface area contributed by atoms with Crippen LogP contribution in [0.5, 0.6) is 0 Å². The number of para-hydroxylation sites is 2. The van der Waals surface area contributed by atoms with E-state index in [2.05, 4.69) is 52.7 Å². The second kappa shape index (κ2) is 8.10. The third-order valence-corrected chi connectivity index (χ3v) is 5.74. The molecule has 1 saturated heterocycles. The summed E-state index contributed by atoms with van der Waals surface area (Å²) in [4.78, 5) is 7.24. The number of anilines is 4. The number of hydrogen-bond acceptors (Lipinski definition) is 7. The molecule has 0 saturated carbocycles. The Kier molecular flexibility index (Phi) is 5.51. The van der Waals surface area contributed by atoms with Crippen LogP contribution >= 0.6 is 0 Å². The van der Waals surface area contributed by atoms with Crippen molar-refractivity contribution in [2.75, 3.05) is 29.1 Å². The van der Waals surface area contributed by atoms with E-state index in [1.165, 1.54) is 0 Å². The maximum atomic E-state index is 9.95. The molecule has 8 nitrogen and oxygen atoms in total. The Balaban J connectivity index is 1.95. The van der Waals surface area contributed by atoms with Crippen LogP contribution in [0.4, 0.5) is 23.1 Å². The van der Waals surface area contributed by atoms with Crippen molar-refractivity contribution < 1.29 is 5.11 Å². The minimum absolute atomic E-state index is 0.0629. The number of aromatic nitrogens is 4. The summed E-state index contributed by atoms with van der Waals surface area (Å²) in [5.41, 5.74) is 10.3. The number of hydrogen-bond donors (Lipinski definition) is 3. The van der Waals surface area contributed by atoms with Crippen LogP contribution in [-0.2, 0) is 0 Å². The zero-order chi connectivity index (χ0) is 21.4. The van der Waals surface area contributed by atoms with Gasteiger partial charge in [0.1, 0.15) is 0 Å². The molecular weight excluding hydrogens is 378 g/mol. The number of rotatable bonds is 6. The van der Waals surface area contributed by atoms with Gasteiger partial charge in [0.25, 0.3) is 0 Å². The first-order chi connectivity index (χ1) is 14.4. The number of nitrogens with one attached hydrogen (secondary N) is 1. The number of aliphatic hydroxyl groups excluding tert-OH is 1. The highest BCUT2D eigenvalue weighted by atomic mass is 16.3. The van der Waals surface area contributed by atoms with E-state index in [1.807, 2.05) is 24.3 Å². The van der Waals surface area contributed by atoms with Gasteiger partial charge in [-0.15, -0.1) is 5.10 Å². The molecule has 0 aromatic heterocycles. The Bertz CT molecular complexity index is 997. The predicted molar refractivity (Wildman–Crippen MR) is 121 cm³/mol. The fraction of sp³-hybridized carbons (Fsp3) is 0.500. The number of nitrogens with zero attached hydrogens (tertiary/aromatic N) is 5. The molecule has 0 bridgehead atoms. The highest BCUT2D eigenvalue weighted by Gasteiger charge is 2.33. The molecule has 3 heterocycles. The maximum Gasteiger partial charge on any atom is 0.208 e. The highest BCUT2D eigenvalue weighted by molar-refractivity contribution is 5.81. The number of nitrogens with two attached hydrogens (primary N) is 1. The molecule has 30 heavy (non-hydrogen) atoms. The third kappa shape index (κ3) is 3.45. The molecule has 0 radical (unpaired) electrons. The lowest BCUT2D eigenvalue weighted by atomic mass is 10.1. The van der Waals surface area contributed by atoms with Crippen molar-refractivity contribution in [3.63, 3.8) is 0 Å². The van der Waals surface area contributed by atoms with Gasteiger partial charge in [-0.1, -0.05) is 26.0 Å². The molecule has 3 aliphatic rings. The smallest absolute Gasteiger partial charge is 0.208 e. The molecule has 160 valence electrons. The van der Waals surface area contributed by atoms with Crippen molar-refractivity contribution in [3.05, 3.63) is 30.0 Å². The summed E-state index contributed by atoms with van der Waals surface area (Å²) in [5.74, 6) is 1.69. The van der Waals surface area contributed by atoms with E-state index in [1.54, 1.807) is 0 Å². The van der Waals surface area contributed by atoms with Gasteiger partial charge in [-0.25, -0.2) is 0 Å². The number of nitrogen functional groups attached to an aromatic ring is 1. The average Bonchev–Trinajstić information content (AvgIpc) is 3.36. The second-order valence-electron chi connectivity index (χ2n) is 8.55. The number of aliphatic hydroxyl groups is 1. The molecule has 3 aliphatic heterocycles. The molecule has 1 atom stereocenters. The molecule has 1 aromatic carbocycles. The van der Waals surface area contributed by atoms with Gasteiger partial charge >= 0.3 is 0 Å². The van der Waals surface area contributed by atoms with Crippen molar-refractivity contribution in [2.45, 2.75) is 58.5 Å². The summed E-state index contributed by atoms with van der Waals surface area (Å²) in [7, 11) is 0. The van der Waals surface area contributed by atoms with Crippen LogP contribution in [-0.4, -0.2) is 44.0 Å². The normalized spacial score (nSPS) is 16.9. The van der Waals surface area contributed by atoms with Gasteiger partial charge in [-0.2, -0.15) is 10.1 Å². The molecule has 1 fully saturated rings. The molecule has 0 amide bonds. The molecular formula is C22H31N7O. The van der Waals surface area contributed by atoms with E-state index in [0.29, 0.717) is 11.5 Å². The average molecular weight is 410 g/mol. The van der Waals surface area contributed by atoms with Gasteiger partial charge < -0.3 is 25.6 Å². The Morgan fingerprint density at radius 3 is 2.63 bits per heavy atom. The van der Waals surface area contributed by atoms with Gasteiger partial charge in [-0.3, -0.25) is 0 Å². The van der Waals surface area contributed by atoms with Crippen molar-refractivity contribution in [1.29, 1.82) is 0 Å². The standard InChI is InChI=1S/C22H31N7O/c1-13(2)18-20-19(27-26-18)21(24-17-10-6-5-9-16(17)23)25-22(29(20)14(3)4)28-11-7-8-15(28)12-30/h5-6,9-10,13-15,24,30H,7-8,11-12,23H2,1-4H3. The zero-order valence-electron chi connectivity index (χ0n) is 18.1. The highest BCUT2D eigenvalue weighted by Crippen LogP contribution is 2.41. The summed E-state index contributed by atoms with van der Waals surface area (Å²) < 4.78 is 2.22. The zero-order valence-corrected chi connectivity index (χ0v) is 18.1. The Labute approximate surface area is 177 Å². The maximum absolute atomic E-state index is 9.95. The Morgan fingerprint density at radius 1 is 1.20 bits per heavy atom. The third-order valence-electron chi connectivity index (χ3n) is 5.74. The Hall–Kier alpha value is -2.87. The fourth-order valence-electron chi connectivity index (χ4n) is 4.22. The quantitative estimate of drug-likeness (QED) is 0.532. The van der Waals surface area contributed by atoms with E-state index < -0.39 is 0 Å². The summed E-state index contributed by atoms with van der Waals surface area (Å²) in [6.45, 7) is 9.52. The van der Waals surface area contributed by atoms with Crippen LogP contribution in [0.25, 0.3) is 11.4 Å². The lowest BCUT2D eigenvalue weighted by molar-refractivity contribution is 0.264. The summed E-state index contributed by atoms with van der Waals surface area (Å²) in [5, 5.41) is 22.4. The van der Waals surface area contributed by atoms with Crippen molar-refractivity contribution in [1.82, 2.24) is 19.7 Å². The van der Waals surface area contributed by atoms with Crippen LogP contribution in [0.15, 0.2) is 24.3 Å². The van der Waals surface area contributed by atoms with Crippen molar-refractivity contribution in [2.24, 2.45) is 0 Å². The van der Waals surface area contributed by atoms with Gasteiger partial charge in [0, 0.05) is 12.6 Å². The summed E-state index contributed by atoms with van der Waals surface area (Å²) >= 11 is 0. The second-order valence-corrected chi connectivity index (χ2v) is 8.55. The molecule has 8 heteroatoms. The molecule has 0 aliphatic carbocycles. The molecule has 1 aromatic rings. The van der Waals surface area contributed by atoms with Crippen molar-refractivity contribution >= 4 is 23.1 Å². The summed E-state index contributed by atoms with van der Waals surface area (Å²) in [6, 6.07) is 7.85. The van der Waals surface area contributed by atoms with Gasteiger partial charge in [0.15, 0.2) is 11.5 Å². The van der Waals surface area contributed by atoms with Crippen LogP contribution in [0, 0.1) is 0 Å². The first-order valence-electron chi connectivity index (χ1n) is 10.7. The first kappa shape index (κ1) is 20.4. The summed E-state index contributed by atoms with van der Waals surface area (Å²) in [6.07, 6.45) is 1.99. The van der Waals surface area contributed by atoms with Crippen LogP contribution in [0.2, 0.25) is 0 Å². The Morgan fingerprint density at radius 2 is 1.97 bits per heavy atom.